The number of nitrogens with zero attached hydrogens (tertiary/aromatic N) is 2. The van der Waals surface area contributed by atoms with Gasteiger partial charge in [0.2, 0.25) is 0 Å². The highest BCUT2D eigenvalue weighted by molar-refractivity contribution is 5.47. The molecule has 7 heteroatoms. The number of pyridine rings is 1. The Morgan fingerprint density at radius 3 is 2.59 bits per heavy atom. The fourth-order valence-electron chi connectivity index (χ4n) is 2.36. The molecule has 2 heterocycles. The van der Waals surface area contributed by atoms with E-state index in [9.17, 15) is 15.2 Å². The average Bonchev–Trinajstić information content (AvgIpc) is 2.76. The van der Waals surface area contributed by atoms with Gasteiger partial charge in [-0.2, -0.15) is 0 Å². The summed E-state index contributed by atoms with van der Waals surface area (Å²) < 4.78 is 5.44. The van der Waals surface area contributed by atoms with Gasteiger partial charge in [-0.3, -0.25) is 10.1 Å². The second kappa shape index (κ2) is 5.76. The summed E-state index contributed by atoms with van der Waals surface area (Å²) in [5.41, 5.74) is 0.0476. The van der Waals surface area contributed by atoms with Crippen molar-refractivity contribution in [2.75, 3.05) is 11.9 Å². The molecule has 2 N–H and O–H groups in total. The number of aromatic nitrogens is 1. The van der Waals surface area contributed by atoms with Crippen LogP contribution in [-0.4, -0.2) is 21.6 Å². The first kappa shape index (κ1) is 16.0. The molecule has 0 spiro atoms. The molecule has 0 aliphatic rings. The molecule has 1 atom stereocenters. The van der Waals surface area contributed by atoms with Crippen LogP contribution in [0.5, 0.6) is 0 Å². The van der Waals surface area contributed by atoms with Gasteiger partial charge in [0.25, 0.3) is 5.69 Å². The maximum Gasteiger partial charge on any atom is 0.290 e. The third kappa shape index (κ3) is 3.25. The first-order valence-corrected chi connectivity index (χ1v) is 6.85. The predicted octanol–water partition coefficient (Wildman–Crippen LogP) is 2.83. The number of anilines is 1. The number of hydrogen-bond donors (Lipinski definition) is 2. The summed E-state index contributed by atoms with van der Waals surface area (Å²) >= 11 is 0. The zero-order chi connectivity index (χ0) is 16.5. The molecule has 7 nitrogen and oxygen atoms in total. The van der Waals surface area contributed by atoms with Crippen LogP contribution in [-0.2, 0) is 5.60 Å². The quantitative estimate of drug-likeness (QED) is 0.650. The van der Waals surface area contributed by atoms with Crippen molar-refractivity contribution in [1.82, 2.24) is 4.98 Å². The van der Waals surface area contributed by atoms with Crippen LogP contribution in [0, 0.1) is 30.9 Å². The summed E-state index contributed by atoms with van der Waals surface area (Å²) in [6.45, 7) is 7.14. The lowest BCUT2D eigenvalue weighted by Crippen LogP contribution is -2.31. The number of nitrogens with one attached hydrogen (secondary N) is 1. The lowest BCUT2D eigenvalue weighted by atomic mass is 9.96. The van der Waals surface area contributed by atoms with Gasteiger partial charge in [-0.15, -0.1) is 0 Å². The zero-order valence-corrected chi connectivity index (χ0v) is 13.0. The number of aryl methyl sites for hydroxylation is 3. The highest BCUT2D eigenvalue weighted by Crippen LogP contribution is 2.27. The highest BCUT2D eigenvalue weighted by atomic mass is 16.6. The lowest BCUT2D eigenvalue weighted by molar-refractivity contribution is -0.385. The van der Waals surface area contributed by atoms with Gasteiger partial charge in [-0.05, 0) is 39.8 Å². The molecule has 2 rings (SSSR count). The van der Waals surface area contributed by atoms with Gasteiger partial charge in [0.05, 0.1) is 4.92 Å². The molecule has 2 aromatic heterocycles. The fraction of sp³-hybridized carbons (Fsp3) is 0.400. The number of rotatable bonds is 5. The number of aliphatic hydroxyl groups is 1. The number of furan rings is 1. The molecule has 0 aromatic carbocycles. The molecule has 0 radical (unpaired) electrons. The Bertz CT molecular complexity index is 707. The molecule has 0 aliphatic heterocycles. The Hall–Kier alpha value is -2.41. The Morgan fingerprint density at radius 1 is 1.41 bits per heavy atom. The summed E-state index contributed by atoms with van der Waals surface area (Å²) in [6.07, 6.45) is 1.21. The number of nitro groups is 1. The molecule has 0 bridgehead atoms. The lowest BCUT2D eigenvalue weighted by Gasteiger charge is -2.23. The standard InChI is InChI=1S/C15H19N3O4/c1-9-5-14(16-7-13(9)18(20)21)17-8-15(4,19)12-6-10(2)22-11(12)3/h5-7,19H,8H2,1-4H3,(H,16,17). The van der Waals surface area contributed by atoms with Crippen molar-refractivity contribution in [2.45, 2.75) is 33.3 Å². The Kier molecular flexibility index (Phi) is 4.18. The van der Waals surface area contributed by atoms with Crippen LogP contribution < -0.4 is 5.32 Å². The predicted molar refractivity (Wildman–Crippen MR) is 81.9 cm³/mol. The van der Waals surface area contributed by atoms with Crippen LogP contribution in [0.1, 0.15) is 29.6 Å². The van der Waals surface area contributed by atoms with Gasteiger partial charge in [0.15, 0.2) is 0 Å². The highest BCUT2D eigenvalue weighted by Gasteiger charge is 2.27. The van der Waals surface area contributed by atoms with E-state index in [4.69, 9.17) is 4.42 Å². The average molecular weight is 305 g/mol. The number of hydrogen-bond acceptors (Lipinski definition) is 6. The molecule has 0 aliphatic carbocycles. The van der Waals surface area contributed by atoms with Crippen LogP contribution in [0.3, 0.4) is 0 Å². The minimum absolute atomic E-state index is 0.0291. The van der Waals surface area contributed by atoms with Crippen LogP contribution in [0.4, 0.5) is 11.5 Å². The summed E-state index contributed by atoms with van der Waals surface area (Å²) in [5.74, 6) is 1.87. The van der Waals surface area contributed by atoms with Crippen molar-refractivity contribution in [3.05, 3.63) is 51.1 Å². The molecular weight excluding hydrogens is 286 g/mol. The van der Waals surface area contributed by atoms with E-state index >= 15 is 0 Å². The van der Waals surface area contributed by atoms with Crippen molar-refractivity contribution < 1.29 is 14.4 Å². The van der Waals surface area contributed by atoms with E-state index in [1.807, 2.05) is 6.92 Å². The molecule has 2 aromatic rings. The van der Waals surface area contributed by atoms with E-state index in [0.717, 1.165) is 5.76 Å². The Labute approximate surface area is 128 Å². The summed E-state index contributed by atoms with van der Waals surface area (Å²) in [7, 11) is 0. The van der Waals surface area contributed by atoms with E-state index in [2.05, 4.69) is 10.3 Å². The maximum absolute atomic E-state index is 10.8. The van der Waals surface area contributed by atoms with E-state index in [-0.39, 0.29) is 12.2 Å². The van der Waals surface area contributed by atoms with Crippen molar-refractivity contribution in [3.63, 3.8) is 0 Å². The van der Waals surface area contributed by atoms with Gasteiger partial charge in [-0.1, -0.05) is 0 Å². The summed E-state index contributed by atoms with van der Waals surface area (Å²) in [6, 6.07) is 3.38. The molecular formula is C15H19N3O4. The van der Waals surface area contributed by atoms with Crippen LogP contribution in [0.2, 0.25) is 0 Å². The Morgan fingerprint density at radius 2 is 2.09 bits per heavy atom. The monoisotopic (exact) mass is 305 g/mol. The van der Waals surface area contributed by atoms with Crippen molar-refractivity contribution >= 4 is 11.5 Å². The molecule has 0 fully saturated rings. The second-order valence-electron chi connectivity index (χ2n) is 5.57. The first-order chi connectivity index (χ1) is 10.2. The minimum atomic E-state index is -1.14. The first-order valence-electron chi connectivity index (χ1n) is 6.85. The van der Waals surface area contributed by atoms with Gasteiger partial charge < -0.3 is 14.8 Å². The second-order valence-corrected chi connectivity index (χ2v) is 5.57. The van der Waals surface area contributed by atoms with Gasteiger partial charge in [-0.25, -0.2) is 4.98 Å². The molecule has 22 heavy (non-hydrogen) atoms. The van der Waals surface area contributed by atoms with Crippen molar-refractivity contribution in [1.29, 1.82) is 0 Å². The SMILES string of the molecule is Cc1cc(C(C)(O)CNc2cc(C)c([N+](=O)[O-])cn2)c(C)o1. The van der Waals surface area contributed by atoms with E-state index < -0.39 is 10.5 Å². The maximum atomic E-state index is 10.8. The van der Waals surface area contributed by atoms with Gasteiger partial charge in [0, 0.05) is 17.7 Å². The summed E-state index contributed by atoms with van der Waals surface area (Å²) in [5, 5.41) is 24.4. The molecule has 0 saturated heterocycles. The third-order valence-electron chi connectivity index (χ3n) is 3.51. The normalized spacial score (nSPS) is 13.7. The molecule has 1 unspecified atom stereocenters. The molecule has 118 valence electrons. The van der Waals surface area contributed by atoms with Crippen LogP contribution in [0.25, 0.3) is 0 Å². The smallest absolute Gasteiger partial charge is 0.290 e. The third-order valence-corrected chi connectivity index (χ3v) is 3.51. The fourth-order valence-corrected chi connectivity index (χ4v) is 2.36. The van der Waals surface area contributed by atoms with Crippen LogP contribution in [0.15, 0.2) is 22.7 Å². The Balaban J connectivity index is 2.14. The van der Waals surface area contributed by atoms with Crippen LogP contribution >= 0.6 is 0 Å². The zero-order valence-electron chi connectivity index (χ0n) is 13.0. The summed E-state index contributed by atoms with van der Waals surface area (Å²) in [4.78, 5) is 14.3. The van der Waals surface area contributed by atoms with Gasteiger partial charge >= 0.3 is 0 Å². The minimum Gasteiger partial charge on any atom is -0.466 e. The molecule has 0 amide bonds. The van der Waals surface area contributed by atoms with Crippen molar-refractivity contribution in [3.8, 4) is 0 Å². The molecule has 0 saturated carbocycles. The topological polar surface area (TPSA) is 101 Å². The van der Waals surface area contributed by atoms with Crippen molar-refractivity contribution in [2.24, 2.45) is 0 Å². The van der Waals surface area contributed by atoms with Gasteiger partial charge in [0.1, 0.15) is 29.1 Å². The van der Waals surface area contributed by atoms with E-state index in [1.165, 1.54) is 6.20 Å². The largest absolute Gasteiger partial charge is 0.466 e. The van der Waals surface area contributed by atoms with E-state index in [0.29, 0.717) is 22.7 Å². The van der Waals surface area contributed by atoms with E-state index in [1.54, 1.807) is 32.9 Å².